The first kappa shape index (κ1) is 13.9. The second-order valence-electron chi connectivity index (χ2n) is 4.35. The minimum atomic E-state index is -0.0669. The van der Waals surface area contributed by atoms with Gasteiger partial charge in [0.2, 0.25) is 0 Å². The minimum Gasteiger partial charge on any atom is -0.364 e. The molecule has 0 saturated carbocycles. The van der Waals surface area contributed by atoms with Gasteiger partial charge in [0.05, 0.1) is 10.0 Å². The fraction of sp³-hybridized carbons (Fsp3) is 0.545. The summed E-state index contributed by atoms with van der Waals surface area (Å²) < 4.78 is 0. The van der Waals surface area contributed by atoms with E-state index in [-0.39, 0.29) is 10.7 Å². The minimum absolute atomic E-state index is 0.0669. The van der Waals surface area contributed by atoms with Crippen LogP contribution in [0.5, 0.6) is 0 Å². The molecule has 2 nitrogen and oxygen atoms in total. The highest BCUT2D eigenvalue weighted by atomic mass is 35.5. The Bertz CT molecular complexity index is 378. The predicted octanol–water partition coefficient (Wildman–Crippen LogP) is 5.03. The molecule has 16 heavy (non-hydrogen) atoms. The van der Waals surface area contributed by atoms with Gasteiger partial charge in [-0.1, -0.05) is 48.1 Å². The van der Waals surface area contributed by atoms with Gasteiger partial charge in [-0.3, -0.25) is 0 Å². The van der Waals surface area contributed by atoms with Crippen molar-refractivity contribution in [2.75, 3.05) is 5.32 Å². The summed E-state index contributed by atoms with van der Waals surface area (Å²) in [6.45, 7) is 6.32. The van der Waals surface area contributed by atoms with Crippen LogP contribution in [-0.2, 0) is 0 Å². The largest absolute Gasteiger partial charge is 0.364 e. The van der Waals surface area contributed by atoms with Gasteiger partial charge in [0.1, 0.15) is 11.0 Å². The maximum Gasteiger partial charge on any atom is 0.150 e. The van der Waals surface area contributed by atoms with E-state index in [4.69, 9.17) is 34.8 Å². The molecule has 0 saturated heterocycles. The number of hydrogen-bond donors (Lipinski definition) is 1. The highest BCUT2D eigenvalue weighted by molar-refractivity contribution is 6.42. The van der Waals surface area contributed by atoms with Crippen LogP contribution in [0.1, 0.15) is 33.6 Å². The molecule has 0 aromatic carbocycles. The van der Waals surface area contributed by atoms with Crippen LogP contribution in [0, 0.1) is 0 Å². The van der Waals surface area contributed by atoms with Gasteiger partial charge in [-0.25, -0.2) is 4.98 Å². The summed E-state index contributed by atoms with van der Waals surface area (Å²) in [6, 6.07) is 1.60. The second kappa shape index (κ2) is 5.44. The highest BCUT2D eigenvalue weighted by Gasteiger charge is 2.19. The van der Waals surface area contributed by atoms with E-state index in [1.54, 1.807) is 6.07 Å². The molecule has 0 aliphatic heterocycles. The van der Waals surface area contributed by atoms with Crippen LogP contribution in [0.15, 0.2) is 6.07 Å². The van der Waals surface area contributed by atoms with Crippen molar-refractivity contribution in [3.8, 4) is 0 Å². The van der Waals surface area contributed by atoms with Crippen molar-refractivity contribution < 1.29 is 0 Å². The normalized spacial score (nSPS) is 11.6. The summed E-state index contributed by atoms with van der Waals surface area (Å²) >= 11 is 17.7. The van der Waals surface area contributed by atoms with Gasteiger partial charge < -0.3 is 5.32 Å². The van der Waals surface area contributed by atoms with Crippen LogP contribution in [0.4, 0.5) is 5.82 Å². The zero-order chi connectivity index (χ0) is 12.3. The number of nitrogens with one attached hydrogen (secondary N) is 1. The summed E-state index contributed by atoms with van der Waals surface area (Å²) in [5.74, 6) is 0.578. The Morgan fingerprint density at radius 3 is 2.44 bits per heavy atom. The van der Waals surface area contributed by atoms with Gasteiger partial charge in [0.25, 0.3) is 0 Å². The van der Waals surface area contributed by atoms with Gasteiger partial charge >= 0.3 is 0 Å². The van der Waals surface area contributed by atoms with Gasteiger partial charge in [-0.15, -0.1) is 0 Å². The molecule has 0 atom stereocenters. The van der Waals surface area contributed by atoms with Crippen LogP contribution in [0.3, 0.4) is 0 Å². The van der Waals surface area contributed by atoms with Crippen molar-refractivity contribution in [3.63, 3.8) is 0 Å². The number of aromatic nitrogens is 1. The molecule has 0 amide bonds. The molecule has 0 aliphatic rings. The third-order valence-corrected chi connectivity index (χ3v) is 3.18. The molecule has 0 aliphatic carbocycles. The number of nitrogens with zero attached hydrogens (tertiary/aromatic N) is 1. The van der Waals surface area contributed by atoms with Crippen molar-refractivity contribution in [2.45, 2.75) is 39.2 Å². The lowest BCUT2D eigenvalue weighted by atomic mass is 9.99. The molecular formula is C11H15Cl3N2. The van der Waals surface area contributed by atoms with Crippen LogP contribution in [-0.4, -0.2) is 10.5 Å². The van der Waals surface area contributed by atoms with E-state index >= 15 is 0 Å². The predicted molar refractivity (Wildman–Crippen MR) is 71.9 cm³/mol. The summed E-state index contributed by atoms with van der Waals surface area (Å²) in [6.07, 6.45) is 2.10. The zero-order valence-corrected chi connectivity index (χ0v) is 11.8. The fourth-order valence-electron chi connectivity index (χ4n) is 1.54. The van der Waals surface area contributed by atoms with Crippen molar-refractivity contribution in [3.05, 3.63) is 21.3 Å². The molecule has 90 valence electrons. The second-order valence-corrected chi connectivity index (χ2v) is 5.52. The van der Waals surface area contributed by atoms with E-state index in [1.807, 2.05) is 0 Å². The van der Waals surface area contributed by atoms with Crippen molar-refractivity contribution in [2.24, 2.45) is 0 Å². The number of rotatable bonds is 4. The van der Waals surface area contributed by atoms with Crippen LogP contribution >= 0.6 is 34.8 Å². The molecule has 0 spiro atoms. The number of anilines is 1. The number of halogens is 3. The SMILES string of the molecule is CCCC(C)(C)Nc1nc(Cl)c(Cl)cc1Cl. The van der Waals surface area contributed by atoms with E-state index in [9.17, 15) is 0 Å². The molecule has 1 heterocycles. The topological polar surface area (TPSA) is 24.9 Å². The number of pyridine rings is 1. The first-order chi connectivity index (χ1) is 7.35. The summed E-state index contributed by atoms with van der Waals surface area (Å²) in [5, 5.41) is 4.39. The highest BCUT2D eigenvalue weighted by Crippen LogP contribution is 2.31. The van der Waals surface area contributed by atoms with E-state index in [0.29, 0.717) is 15.9 Å². The first-order valence-electron chi connectivity index (χ1n) is 5.15. The number of hydrogen-bond acceptors (Lipinski definition) is 2. The maximum atomic E-state index is 6.04. The molecule has 5 heteroatoms. The Balaban J connectivity index is 2.93. The van der Waals surface area contributed by atoms with Gasteiger partial charge in [0.15, 0.2) is 0 Å². The van der Waals surface area contributed by atoms with Crippen molar-refractivity contribution >= 4 is 40.6 Å². The Morgan fingerprint density at radius 1 is 1.25 bits per heavy atom. The first-order valence-corrected chi connectivity index (χ1v) is 6.29. The Hall–Kier alpha value is -0.180. The summed E-state index contributed by atoms with van der Waals surface area (Å²) in [7, 11) is 0. The third-order valence-electron chi connectivity index (χ3n) is 2.22. The maximum absolute atomic E-state index is 6.04. The zero-order valence-electron chi connectivity index (χ0n) is 9.57. The van der Waals surface area contributed by atoms with Gasteiger partial charge in [-0.05, 0) is 26.3 Å². The smallest absolute Gasteiger partial charge is 0.150 e. The van der Waals surface area contributed by atoms with Crippen molar-refractivity contribution in [1.29, 1.82) is 0 Å². The monoisotopic (exact) mass is 280 g/mol. The standard InChI is InChI=1S/C11H15Cl3N2/c1-4-5-11(2,3)16-10-8(13)6-7(12)9(14)15-10/h6H,4-5H2,1-3H3,(H,15,16). The molecule has 0 fully saturated rings. The molecule has 0 unspecified atom stereocenters. The molecule has 0 bridgehead atoms. The molecule has 0 radical (unpaired) electrons. The molecule has 1 aromatic rings. The van der Waals surface area contributed by atoms with Crippen LogP contribution in [0.2, 0.25) is 15.2 Å². The Labute approximate surface area is 111 Å². The molecule has 1 rings (SSSR count). The lowest BCUT2D eigenvalue weighted by Gasteiger charge is -2.27. The van der Waals surface area contributed by atoms with Gasteiger partial charge in [0, 0.05) is 5.54 Å². The van der Waals surface area contributed by atoms with E-state index in [1.165, 1.54) is 0 Å². The average Bonchev–Trinajstić information content (AvgIpc) is 2.13. The van der Waals surface area contributed by atoms with Crippen LogP contribution in [0.25, 0.3) is 0 Å². The van der Waals surface area contributed by atoms with E-state index in [2.05, 4.69) is 31.1 Å². The molecular weight excluding hydrogens is 266 g/mol. The average molecular weight is 282 g/mol. The lowest BCUT2D eigenvalue weighted by Crippen LogP contribution is -2.31. The Kier molecular flexibility index (Phi) is 4.72. The quantitative estimate of drug-likeness (QED) is 0.783. The van der Waals surface area contributed by atoms with Crippen molar-refractivity contribution in [1.82, 2.24) is 4.98 Å². The molecule has 1 N–H and O–H groups in total. The van der Waals surface area contributed by atoms with Crippen LogP contribution < -0.4 is 5.32 Å². The Morgan fingerprint density at radius 2 is 1.88 bits per heavy atom. The third kappa shape index (κ3) is 3.69. The van der Waals surface area contributed by atoms with E-state index in [0.717, 1.165) is 12.8 Å². The fourth-order valence-corrected chi connectivity index (χ4v) is 2.08. The van der Waals surface area contributed by atoms with E-state index < -0.39 is 0 Å². The molecule has 1 aromatic heterocycles. The lowest BCUT2D eigenvalue weighted by molar-refractivity contribution is 0.509. The summed E-state index contributed by atoms with van der Waals surface area (Å²) in [5.41, 5.74) is -0.0669. The van der Waals surface area contributed by atoms with Gasteiger partial charge in [-0.2, -0.15) is 0 Å². The summed E-state index contributed by atoms with van der Waals surface area (Å²) in [4.78, 5) is 4.13.